The average Bonchev–Trinajstić information content (AvgIpc) is 3.43. The van der Waals surface area contributed by atoms with Crippen molar-refractivity contribution in [2.75, 3.05) is 26.4 Å². The molecule has 1 spiro atoms. The van der Waals surface area contributed by atoms with E-state index in [9.17, 15) is 4.79 Å². The minimum atomic E-state index is -0.479. The van der Waals surface area contributed by atoms with Crippen LogP contribution in [-0.4, -0.2) is 43.8 Å². The van der Waals surface area contributed by atoms with Crippen LogP contribution < -0.4 is 0 Å². The lowest BCUT2D eigenvalue weighted by atomic mass is 9.46. The van der Waals surface area contributed by atoms with Gasteiger partial charge in [-0.3, -0.25) is 4.79 Å². The minimum absolute atomic E-state index is 0.100. The van der Waals surface area contributed by atoms with E-state index in [0.29, 0.717) is 50.0 Å². The number of rotatable bonds is 1. The van der Waals surface area contributed by atoms with E-state index in [4.69, 9.17) is 18.9 Å². The van der Waals surface area contributed by atoms with Crippen LogP contribution in [0.25, 0.3) is 0 Å². The van der Waals surface area contributed by atoms with Crippen molar-refractivity contribution in [3.05, 3.63) is 11.6 Å². The van der Waals surface area contributed by atoms with Crippen molar-refractivity contribution in [1.82, 2.24) is 0 Å². The number of hydrogen-bond acceptors (Lipinski definition) is 5. The third-order valence-corrected chi connectivity index (χ3v) is 10.3. The third-order valence-electron chi connectivity index (χ3n) is 10.3. The van der Waals surface area contributed by atoms with Crippen LogP contribution in [0.4, 0.5) is 0 Å². The van der Waals surface area contributed by atoms with Crippen molar-refractivity contribution in [2.24, 2.45) is 34.5 Å². The number of carbonyl (C=O) groups is 1. The Bertz CT molecular complexity index is 776. The van der Waals surface area contributed by atoms with Gasteiger partial charge in [-0.2, -0.15) is 0 Å². The van der Waals surface area contributed by atoms with Gasteiger partial charge in [-0.25, -0.2) is 0 Å². The first-order chi connectivity index (χ1) is 14.3. The Morgan fingerprint density at radius 2 is 1.53 bits per heavy atom. The van der Waals surface area contributed by atoms with Gasteiger partial charge < -0.3 is 18.9 Å². The number of ether oxygens (including phenoxy) is 4. The molecule has 2 saturated heterocycles. The monoisotopic (exact) mass is 416 g/mol. The molecule has 0 radical (unpaired) electrons. The molecule has 0 bridgehead atoms. The van der Waals surface area contributed by atoms with E-state index in [2.05, 4.69) is 20.8 Å². The number of hydrogen-bond donors (Lipinski definition) is 0. The molecule has 0 aromatic heterocycles. The van der Waals surface area contributed by atoms with Crippen LogP contribution in [0, 0.1) is 34.5 Å². The highest BCUT2D eigenvalue weighted by Crippen LogP contribution is 2.68. The molecule has 4 aliphatic carbocycles. The molecule has 3 saturated carbocycles. The molecule has 2 aliphatic heterocycles. The molecule has 6 aliphatic rings. The largest absolute Gasteiger partial charge is 0.348 e. The predicted octanol–water partition coefficient (Wildman–Crippen LogP) is 4.25. The summed E-state index contributed by atoms with van der Waals surface area (Å²) in [5.74, 6) is 0.810. The van der Waals surface area contributed by atoms with E-state index in [-0.39, 0.29) is 16.7 Å². The zero-order chi connectivity index (χ0) is 20.8. The van der Waals surface area contributed by atoms with Crippen LogP contribution in [0.1, 0.15) is 65.7 Å². The van der Waals surface area contributed by atoms with Crippen LogP contribution in [0.15, 0.2) is 11.6 Å². The summed E-state index contributed by atoms with van der Waals surface area (Å²) in [7, 11) is 0. The van der Waals surface area contributed by atoms with Crippen LogP contribution in [0.2, 0.25) is 0 Å². The summed E-state index contributed by atoms with van der Waals surface area (Å²) in [6.07, 6.45) is 9.29. The van der Waals surface area contributed by atoms with Gasteiger partial charge in [0.1, 0.15) is 0 Å². The highest BCUT2D eigenvalue weighted by atomic mass is 16.7. The molecule has 30 heavy (non-hydrogen) atoms. The second kappa shape index (κ2) is 6.40. The van der Waals surface area contributed by atoms with Gasteiger partial charge in [-0.15, -0.1) is 0 Å². The van der Waals surface area contributed by atoms with Crippen molar-refractivity contribution in [1.29, 1.82) is 0 Å². The molecular formula is C25H36O5. The Kier molecular flexibility index (Phi) is 4.25. The molecule has 2 heterocycles. The highest BCUT2D eigenvalue weighted by molar-refractivity contribution is 5.94. The summed E-state index contributed by atoms with van der Waals surface area (Å²) < 4.78 is 24.3. The van der Waals surface area contributed by atoms with E-state index in [1.165, 1.54) is 12.0 Å². The lowest BCUT2D eigenvalue weighted by Crippen LogP contribution is -2.56. The Labute approximate surface area is 179 Å². The molecule has 0 amide bonds. The van der Waals surface area contributed by atoms with E-state index in [0.717, 1.165) is 38.5 Å². The standard InChI is InChI=1S/C25H36O5/c1-22-8-9-25(29-12-13-30-25)15-16(22)14-19(26)21-17-4-5-20(24(3)27-10-11-28-24)23(17,2)7-6-18(21)22/h14,17-18,20-21H,4-13,15H2,1-3H3/t17-,18-,20-,21-,22-,23-/m0/s1. The highest BCUT2D eigenvalue weighted by Gasteiger charge is 2.65. The first-order valence-corrected chi connectivity index (χ1v) is 12.1. The summed E-state index contributed by atoms with van der Waals surface area (Å²) in [5, 5.41) is 0. The van der Waals surface area contributed by atoms with Crippen molar-refractivity contribution < 1.29 is 23.7 Å². The number of fused-ring (bicyclic) bond motifs is 5. The molecule has 5 fully saturated rings. The topological polar surface area (TPSA) is 54.0 Å². The molecule has 6 atom stereocenters. The number of allylic oxidation sites excluding steroid dienone is 1. The fourth-order valence-electron chi connectivity index (χ4n) is 8.69. The maximum atomic E-state index is 13.6. The summed E-state index contributed by atoms with van der Waals surface area (Å²) >= 11 is 0. The fourth-order valence-corrected chi connectivity index (χ4v) is 8.69. The Balaban J connectivity index is 1.33. The number of ketones is 1. The molecule has 0 aromatic rings. The molecular weight excluding hydrogens is 380 g/mol. The first kappa shape index (κ1) is 19.9. The molecule has 6 rings (SSSR count). The molecule has 166 valence electrons. The SMILES string of the molecule is CC1([C@H]2CC[C@H]3[C@@H]4C(=O)C=C5CC6(CC[C@]5(C)[C@H]4CC[C@]23C)OCCO6)OCCO1. The van der Waals surface area contributed by atoms with Gasteiger partial charge in [0, 0.05) is 24.7 Å². The normalized spacial score (nSPS) is 48.9. The zero-order valence-corrected chi connectivity index (χ0v) is 18.7. The summed E-state index contributed by atoms with van der Waals surface area (Å²) in [5.41, 5.74) is 1.50. The molecule has 0 aromatic carbocycles. The Hall–Kier alpha value is -0.750. The maximum Gasteiger partial charge on any atom is 0.172 e. The lowest BCUT2D eigenvalue weighted by Gasteiger charge is -2.58. The quantitative estimate of drug-likeness (QED) is 0.640. The van der Waals surface area contributed by atoms with Gasteiger partial charge in [-0.05, 0) is 67.8 Å². The van der Waals surface area contributed by atoms with Crippen LogP contribution >= 0.6 is 0 Å². The van der Waals surface area contributed by atoms with Crippen LogP contribution in [-0.2, 0) is 23.7 Å². The van der Waals surface area contributed by atoms with Gasteiger partial charge in [0.25, 0.3) is 0 Å². The zero-order valence-electron chi connectivity index (χ0n) is 18.7. The van der Waals surface area contributed by atoms with E-state index >= 15 is 0 Å². The van der Waals surface area contributed by atoms with Crippen LogP contribution in [0.5, 0.6) is 0 Å². The van der Waals surface area contributed by atoms with E-state index in [1.54, 1.807) is 0 Å². The number of carbonyl (C=O) groups excluding carboxylic acids is 1. The summed E-state index contributed by atoms with van der Waals surface area (Å²) in [6.45, 7) is 9.71. The summed E-state index contributed by atoms with van der Waals surface area (Å²) in [6, 6.07) is 0. The van der Waals surface area contributed by atoms with Gasteiger partial charge in [0.05, 0.1) is 26.4 Å². The fraction of sp³-hybridized carbons (Fsp3) is 0.880. The van der Waals surface area contributed by atoms with Gasteiger partial charge in [-0.1, -0.05) is 19.4 Å². The smallest absolute Gasteiger partial charge is 0.172 e. The Morgan fingerprint density at radius 1 is 0.833 bits per heavy atom. The summed E-state index contributed by atoms with van der Waals surface area (Å²) in [4.78, 5) is 13.6. The minimum Gasteiger partial charge on any atom is -0.348 e. The van der Waals surface area contributed by atoms with E-state index < -0.39 is 11.6 Å². The van der Waals surface area contributed by atoms with Gasteiger partial charge >= 0.3 is 0 Å². The Morgan fingerprint density at radius 3 is 2.27 bits per heavy atom. The maximum absolute atomic E-state index is 13.6. The molecule has 0 N–H and O–H groups in total. The first-order valence-electron chi connectivity index (χ1n) is 12.1. The van der Waals surface area contributed by atoms with Crippen molar-refractivity contribution in [2.45, 2.75) is 77.3 Å². The van der Waals surface area contributed by atoms with Crippen LogP contribution in [0.3, 0.4) is 0 Å². The van der Waals surface area contributed by atoms with Crippen molar-refractivity contribution in [3.8, 4) is 0 Å². The van der Waals surface area contributed by atoms with Crippen molar-refractivity contribution in [3.63, 3.8) is 0 Å². The second-order valence-corrected chi connectivity index (χ2v) is 11.4. The van der Waals surface area contributed by atoms with E-state index in [1.807, 2.05) is 6.08 Å². The third kappa shape index (κ3) is 2.52. The predicted molar refractivity (Wildman–Crippen MR) is 111 cm³/mol. The van der Waals surface area contributed by atoms with Gasteiger partial charge in [0.15, 0.2) is 17.4 Å². The molecule has 5 nitrogen and oxygen atoms in total. The second-order valence-electron chi connectivity index (χ2n) is 11.4. The molecule has 5 heteroatoms. The van der Waals surface area contributed by atoms with Gasteiger partial charge in [0.2, 0.25) is 0 Å². The lowest BCUT2D eigenvalue weighted by molar-refractivity contribution is -0.216. The average molecular weight is 417 g/mol. The molecule has 0 unspecified atom stereocenters. The van der Waals surface area contributed by atoms with Crippen molar-refractivity contribution >= 4 is 5.78 Å².